The van der Waals surface area contributed by atoms with Crippen LogP contribution in [0.25, 0.3) is 10.2 Å². The van der Waals surface area contributed by atoms with Crippen LogP contribution in [-0.2, 0) is 4.74 Å². The Hall–Kier alpha value is -0.760. The molecule has 2 aromatic heterocycles. The first kappa shape index (κ1) is 13.2. The fraction of sp³-hybridized carbons (Fsp3) is 0.500. The smallest absolute Gasteiger partial charge is 0.147 e. The van der Waals surface area contributed by atoms with Crippen molar-refractivity contribution in [2.45, 2.75) is 0 Å². The lowest BCUT2D eigenvalue weighted by Crippen LogP contribution is -2.39. The monoisotopic (exact) mass is 342 g/mol. The number of halogens is 1. The first-order valence-electron chi connectivity index (χ1n) is 6.27. The Balaban J connectivity index is 1.61. The molecule has 0 aliphatic carbocycles. The van der Waals surface area contributed by atoms with Crippen LogP contribution in [0, 0.1) is 0 Å². The van der Waals surface area contributed by atoms with Gasteiger partial charge in [-0.15, -0.1) is 11.3 Å². The van der Waals surface area contributed by atoms with Crippen molar-refractivity contribution in [2.75, 3.05) is 44.7 Å². The number of thiophene rings is 1. The molecule has 102 valence electrons. The van der Waals surface area contributed by atoms with Crippen LogP contribution in [0.5, 0.6) is 0 Å². The number of anilines is 1. The van der Waals surface area contributed by atoms with Crippen molar-refractivity contribution in [1.29, 1.82) is 0 Å². The lowest BCUT2D eigenvalue weighted by atomic mass is 10.4. The second-order valence-electron chi connectivity index (χ2n) is 4.37. The average molecular weight is 343 g/mol. The van der Waals surface area contributed by atoms with Gasteiger partial charge in [-0.3, -0.25) is 4.90 Å². The minimum atomic E-state index is 0.843. The second-order valence-corrected chi connectivity index (χ2v) is 6.80. The van der Waals surface area contributed by atoms with E-state index in [-0.39, 0.29) is 0 Å². The number of fused-ring (bicyclic) bond motifs is 1. The maximum absolute atomic E-state index is 5.34. The van der Waals surface area contributed by atoms with Gasteiger partial charge in [-0.25, -0.2) is 9.97 Å². The third-order valence-electron chi connectivity index (χ3n) is 3.11. The van der Waals surface area contributed by atoms with Gasteiger partial charge < -0.3 is 10.1 Å². The van der Waals surface area contributed by atoms with Crippen LogP contribution >= 0.6 is 27.3 Å². The standard InChI is InChI=1S/C12H15BrN4OS/c13-10-7-9-11(19-10)12(16-8-15-9)14-1-2-17-3-5-18-6-4-17/h7-8H,1-6H2,(H,14,15,16). The molecule has 0 bridgehead atoms. The van der Waals surface area contributed by atoms with E-state index >= 15 is 0 Å². The molecule has 1 saturated heterocycles. The van der Waals surface area contributed by atoms with E-state index in [1.807, 2.05) is 6.07 Å². The van der Waals surface area contributed by atoms with E-state index in [2.05, 4.69) is 36.1 Å². The quantitative estimate of drug-likeness (QED) is 0.922. The summed E-state index contributed by atoms with van der Waals surface area (Å²) in [5, 5.41) is 3.40. The van der Waals surface area contributed by atoms with E-state index in [9.17, 15) is 0 Å². The molecular weight excluding hydrogens is 328 g/mol. The third kappa shape index (κ3) is 3.22. The molecule has 3 rings (SSSR count). The van der Waals surface area contributed by atoms with Crippen molar-refractivity contribution in [3.63, 3.8) is 0 Å². The summed E-state index contributed by atoms with van der Waals surface area (Å²) in [7, 11) is 0. The Morgan fingerprint density at radius 1 is 1.37 bits per heavy atom. The zero-order valence-corrected chi connectivity index (χ0v) is 12.8. The molecule has 1 fully saturated rings. The summed E-state index contributed by atoms with van der Waals surface area (Å²) in [6.07, 6.45) is 1.61. The third-order valence-corrected chi connectivity index (χ3v) is 4.74. The Morgan fingerprint density at radius 3 is 3.05 bits per heavy atom. The minimum Gasteiger partial charge on any atom is -0.379 e. The molecule has 3 heterocycles. The molecule has 1 N–H and O–H groups in total. The fourth-order valence-electron chi connectivity index (χ4n) is 2.11. The van der Waals surface area contributed by atoms with Crippen molar-refractivity contribution < 1.29 is 4.74 Å². The Morgan fingerprint density at radius 2 is 2.21 bits per heavy atom. The highest BCUT2D eigenvalue weighted by Gasteiger charge is 2.11. The highest BCUT2D eigenvalue weighted by molar-refractivity contribution is 9.11. The number of nitrogens with one attached hydrogen (secondary N) is 1. The van der Waals surface area contributed by atoms with Gasteiger partial charge >= 0.3 is 0 Å². The van der Waals surface area contributed by atoms with Crippen LogP contribution < -0.4 is 5.32 Å². The summed E-state index contributed by atoms with van der Waals surface area (Å²) in [6.45, 7) is 5.63. The molecule has 2 aromatic rings. The van der Waals surface area contributed by atoms with Crippen LogP contribution in [0.2, 0.25) is 0 Å². The SMILES string of the molecule is Brc1cc2ncnc(NCCN3CCOCC3)c2s1. The molecule has 1 aliphatic rings. The number of aromatic nitrogens is 2. The molecule has 0 amide bonds. The maximum atomic E-state index is 5.34. The number of hydrogen-bond donors (Lipinski definition) is 1. The molecule has 7 heteroatoms. The van der Waals surface area contributed by atoms with E-state index in [0.717, 1.165) is 59.2 Å². The van der Waals surface area contributed by atoms with E-state index in [4.69, 9.17) is 4.74 Å². The van der Waals surface area contributed by atoms with E-state index in [0.29, 0.717) is 0 Å². The number of morpholine rings is 1. The summed E-state index contributed by atoms with van der Waals surface area (Å²) in [6, 6.07) is 2.02. The van der Waals surface area contributed by atoms with Crippen molar-refractivity contribution in [3.05, 3.63) is 16.2 Å². The molecule has 0 aromatic carbocycles. The first-order chi connectivity index (χ1) is 9.33. The highest BCUT2D eigenvalue weighted by Crippen LogP contribution is 2.32. The number of rotatable bonds is 4. The number of hydrogen-bond acceptors (Lipinski definition) is 6. The van der Waals surface area contributed by atoms with E-state index < -0.39 is 0 Å². The predicted octanol–water partition coefficient (Wildman–Crippen LogP) is 2.20. The Bertz CT molecular complexity index is 556. The first-order valence-corrected chi connectivity index (χ1v) is 7.88. The van der Waals surface area contributed by atoms with Crippen molar-refractivity contribution >= 4 is 43.3 Å². The lowest BCUT2D eigenvalue weighted by molar-refractivity contribution is 0.0398. The average Bonchev–Trinajstić information content (AvgIpc) is 2.81. The summed E-state index contributed by atoms with van der Waals surface area (Å²) in [5.74, 6) is 0.925. The van der Waals surface area contributed by atoms with Gasteiger partial charge in [0.25, 0.3) is 0 Å². The number of nitrogens with zero attached hydrogens (tertiary/aromatic N) is 3. The van der Waals surface area contributed by atoms with Crippen LogP contribution in [0.3, 0.4) is 0 Å². The van der Waals surface area contributed by atoms with Crippen LogP contribution in [0.15, 0.2) is 16.2 Å². The summed E-state index contributed by atoms with van der Waals surface area (Å²) < 4.78 is 7.53. The molecule has 0 spiro atoms. The van der Waals surface area contributed by atoms with Crippen molar-refractivity contribution in [1.82, 2.24) is 14.9 Å². The Kier molecular flexibility index (Phi) is 4.27. The normalized spacial score (nSPS) is 16.9. The van der Waals surface area contributed by atoms with Gasteiger partial charge in [-0.2, -0.15) is 0 Å². The predicted molar refractivity (Wildman–Crippen MR) is 80.9 cm³/mol. The number of ether oxygens (including phenoxy) is 1. The molecule has 0 unspecified atom stereocenters. The van der Waals surface area contributed by atoms with Gasteiger partial charge in [0.2, 0.25) is 0 Å². The van der Waals surface area contributed by atoms with Gasteiger partial charge in [0.05, 0.1) is 27.2 Å². The van der Waals surface area contributed by atoms with Gasteiger partial charge in [0.15, 0.2) is 0 Å². The Labute approximate surface area is 124 Å². The topological polar surface area (TPSA) is 50.3 Å². The van der Waals surface area contributed by atoms with Gasteiger partial charge in [0, 0.05) is 26.2 Å². The molecule has 5 nitrogen and oxygen atoms in total. The van der Waals surface area contributed by atoms with Crippen molar-refractivity contribution in [3.8, 4) is 0 Å². The zero-order chi connectivity index (χ0) is 13.1. The molecule has 0 atom stereocenters. The molecule has 0 saturated carbocycles. The summed E-state index contributed by atoms with van der Waals surface area (Å²) in [4.78, 5) is 11.0. The summed E-state index contributed by atoms with van der Waals surface area (Å²) >= 11 is 5.15. The second kappa shape index (κ2) is 6.13. The molecular formula is C12H15BrN4OS. The van der Waals surface area contributed by atoms with Gasteiger partial charge in [-0.05, 0) is 22.0 Å². The zero-order valence-electron chi connectivity index (χ0n) is 10.4. The molecule has 19 heavy (non-hydrogen) atoms. The molecule has 0 radical (unpaired) electrons. The van der Waals surface area contributed by atoms with Gasteiger partial charge in [0.1, 0.15) is 12.1 Å². The maximum Gasteiger partial charge on any atom is 0.147 e. The highest BCUT2D eigenvalue weighted by atomic mass is 79.9. The largest absolute Gasteiger partial charge is 0.379 e. The minimum absolute atomic E-state index is 0.843. The van der Waals surface area contributed by atoms with Crippen molar-refractivity contribution in [2.24, 2.45) is 0 Å². The van der Waals surface area contributed by atoms with Crippen LogP contribution in [-0.4, -0.2) is 54.3 Å². The van der Waals surface area contributed by atoms with E-state index in [1.54, 1.807) is 17.7 Å². The van der Waals surface area contributed by atoms with Crippen LogP contribution in [0.4, 0.5) is 5.82 Å². The summed E-state index contributed by atoms with van der Waals surface area (Å²) in [5.41, 5.74) is 0.987. The van der Waals surface area contributed by atoms with Gasteiger partial charge in [-0.1, -0.05) is 0 Å². The van der Waals surface area contributed by atoms with E-state index in [1.165, 1.54) is 0 Å². The van der Waals surface area contributed by atoms with Crippen LogP contribution in [0.1, 0.15) is 0 Å². The fourth-order valence-corrected chi connectivity index (χ4v) is 3.61. The molecule has 1 aliphatic heterocycles. The lowest BCUT2D eigenvalue weighted by Gasteiger charge is -2.26.